The van der Waals surface area contributed by atoms with Crippen LogP contribution in [0.5, 0.6) is 0 Å². The van der Waals surface area contributed by atoms with Gasteiger partial charge in [-0.25, -0.2) is 17.2 Å². The highest BCUT2D eigenvalue weighted by Crippen LogP contribution is 2.27. The molecule has 6 heteroatoms. The predicted molar refractivity (Wildman–Crippen MR) is 97.3 cm³/mol. The largest absolute Gasteiger partial charge is 0.267 e. The second kappa shape index (κ2) is 7.25. The van der Waals surface area contributed by atoms with E-state index in [1.165, 1.54) is 36.4 Å². The van der Waals surface area contributed by atoms with Gasteiger partial charge in [0.15, 0.2) is 0 Å². The number of hydrogen-bond donors (Lipinski definition) is 0. The first kappa shape index (κ1) is 18.1. The first-order valence-corrected chi connectivity index (χ1v) is 9.40. The lowest BCUT2D eigenvalue weighted by atomic mass is 10.2. The van der Waals surface area contributed by atoms with Crippen molar-refractivity contribution in [3.8, 4) is 0 Å². The maximum Gasteiger partial charge on any atom is 0.267 e. The molecular weight excluding hydrogens is 356 g/mol. The van der Waals surface area contributed by atoms with Crippen molar-refractivity contribution < 1.29 is 17.2 Å². The Kier molecular flexibility index (Phi) is 5.04. The van der Waals surface area contributed by atoms with Crippen molar-refractivity contribution in [3.63, 3.8) is 0 Å². The molecule has 0 spiro atoms. The molecular formula is C20H17F2NO2S. The molecule has 0 N–H and O–H groups in total. The molecule has 0 aliphatic heterocycles. The number of nitrogens with zero attached hydrogens (tertiary/aromatic N) is 1. The minimum atomic E-state index is -4.17. The van der Waals surface area contributed by atoms with Crippen molar-refractivity contribution in [1.29, 1.82) is 0 Å². The number of hydrogen-bond acceptors (Lipinski definition) is 2. The standard InChI is InChI=1S/C20H17F2NO2S/c1-15-9-11-18(12-10-15)23(14-16-5-4-6-17(21)13-16)26(24,25)20-8-3-2-7-19(20)22/h2-13H,14H2,1H3. The molecule has 0 radical (unpaired) electrons. The number of anilines is 1. The van der Waals surface area contributed by atoms with E-state index in [2.05, 4.69) is 0 Å². The first-order chi connectivity index (χ1) is 12.4. The summed E-state index contributed by atoms with van der Waals surface area (Å²) >= 11 is 0. The fourth-order valence-electron chi connectivity index (χ4n) is 2.60. The van der Waals surface area contributed by atoms with Crippen molar-refractivity contribution in [2.45, 2.75) is 18.4 Å². The van der Waals surface area contributed by atoms with Crippen LogP contribution in [0, 0.1) is 18.6 Å². The van der Waals surface area contributed by atoms with Gasteiger partial charge in [0.1, 0.15) is 16.5 Å². The van der Waals surface area contributed by atoms with E-state index in [1.807, 2.05) is 6.92 Å². The second-order valence-electron chi connectivity index (χ2n) is 5.91. The Bertz CT molecular complexity index is 1020. The van der Waals surface area contributed by atoms with Crippen LogP contribution >= 0.6 is 0 Å². The van der Waals surface area contributed by atoms with Crippen LogP contribution in [0.15, 0.2) is 77.7 Å². The summed E-state index contributed by atoms with van der Waals surface area (Å²) in [4.78, 5) is -0.419. The fourth-order valence-corrected chi connectivity index (χ4v) is 4.12. The molecule has 0 amide bonds. The zero-order valence-electron chi connectivity index (χ0n) is 14.1. The Hall–Kier alpha value is -2.73. The van der Waals surface area contributed by atoms with Crippen LogP contribution in [0.3, 0.4) is 0 Å². The second-order valence-corrected chi connectivity index (χ2v) is 7.74. The number of halogens is 2. The van der Waals surface area contributed by atoms with E-state index in [0.717, 1.165) is 15.9 Å². The molecule has 0 atom stereocenters. The molecule has 3 nitrogen and oxygen atoms in total. The number of sulfonamides is 1. The average molecular weight is 373 g/mol. The maximum absolute atomic E-state index is 14.2. The highest BCUT2D eigenvalue weighted by molar-refractivity contribution is 7.92. The van der Waals surface area contributed by atoms with Gasteiger partial charge in [-0.05, 0) is 48.9 Å². The molecule has 0 saturated carbocycles. The van der Waals surface area contributed by atoms with E-state index >= 15 is 0 Å². The van der Waals surface area contributed by atoms with Gasteiger partial charge < -0.3 is 0 Å². The number of aryl methyl sites for hydroxylation is 1. The molecule has 0 heterocycles. The van der Waals surface area contributed by atoms with Gasteiger partial charge in [-0.3, -0.25) is 4.31 Å². The minimum Gasteiger partial charge on any atom is -0.262 e. The van der Waals surface area contributed by atoms with E-state index in [-0.39, 0.29) is 6.54 Å². The summed E-state index contributed by atoms with van der Waals surface area (Å²) in [6, 6.07) is 17.7. The van der Waals surface area contributed by atoms with Crippen molar-refractivity contribution in [3.05, 3.63) is 95.6 Å². The van der Waals surface area contributed by atoms with E-state index in [9.17, 15) is 17.2 Å². The quantitative estimate of drug-likeness (QED) is 0.652. The summed E-state index contributed by atoms with van der Waals surface area (Å²) < 4.78 is 55.0. The third kappa shape index (κ3) is 3.75. The van der Waals surface area contributed by atoms with E-state index in [1.54, 1.807) is 30.3 Å². The van der Waals surface area contributed by atoms with Gasteiger partial charge in [0.2, 0.25) is 0 Å². The number of rotatable bonds is 5. The highest BCUT2D eigenvalue weighted by Gasteiger charge is 2.28. The van der Waals surface area contributed by atoms with Crippen LogP contribution in [-0.2, 0) is 16.6 Å². The van der Waals surface area contributed by atoms with Crippen LogP contribution in [0.2, 0.25) is 0 Å². The van der Waals surface area contributed by atoms with Crippen LogP contribution in [0.25, 0.3) is 0 Å². The van der Waals surface area contributed by atoms with Gasteiger partial charge in [-0.1, -0.05) is 42.0 Å². The lowest BCUT2D eigenvalue weighted by molar-refractivity contribution is 0.563. The zero-order valence-corrected chi connectivity index (χ0v) is 14.9. The first-order valence-electron chi connectivity index (χ1n) is 7.96. The molecule has 3 aromatic rings. The van der Waals surface area contributed by atoms with Crippen LogP contribution in [0.4, 0.5) is 14.5 Å². The Labute approximate surface area is 151 Å². The summed E-state index contributed by atoms with van der Waals surface area (Å²) in [5.41, 5.74) is 1.80. The SMILES string of the molecule is Cc1ccc(N(Cc2cccc(F)c2)S(=O)(=O)c2ccccc2F)cc1. The van der Waals surface area contributed by atoms with Crippen molar-refractivity contribution in [2.24, 2.45) is 0 Å². The van der Waals surface area contributed by atoms with Gasteiger partial charge in [0.25, 0.3) is 10.0 Å². The predicted octanol–water partition coefficient (Wildman–Crippen LogP) is 4.67. The van der Waals surface area contributed by atoms with E-state index in [0.29, 0.717) is 11.3 Å². The van der Waals surface area contributed by atoms with Gasteiger partial charge in [0, 0.05) is 0 Å². The zero-order chi connectivity index (χ0) is 18.7. The molecule has 3 aromatic carbocycles. The van der Waals surface area contributed by atoms with Gasteiger partial charge in [-0.2, -0.15) is 0 Å². The Balaban J connectivity index is 2.11. The Morgan fingerprint density at radius 2 is 1.58 bits per heavy atom. The molecule has 0 bridgehead atoms. The van der Waals surface area contributed by atoms with Crippen LogP contribution in [0.1, 0.15) is 11.1 Å². The normalized spacial score (nSPS) is 11.3. The lowest BCUT2D eigenvalue weighted by Crippen LogP contribution is -2.31. The van der Waals surface area contributed by atoms with E-state index in [4.69, 9.17) is 0 Å². The van der Waals surface area contributed by atoms with Gasteiger partial charge in [0.05, 0.1) is 12.2 Å². The van der Waals surface area contributed by atoms with Crippen molar-refractivity contribution in [2.75, 3.05) is 4.31 Å². The van der Waals surface area contributed by atoms with Crippen LogP contribution in [-0.4, -0.2) is 8.42 Å². The lowest BCUT2D eigenvalue weighted by Gasteiger charge is -2.25. The topological polar surface area (TPSA) is 37.4 Å². The highest BCUT2D eigenvalue weighted by atomic mass is 32.2. The summed E-state index contributed by atoms with van der Waals surface area (Å²) in [5, 5.41) is 0. The molecule has 3 rings (SSSR count). The molecule has 0 saturated heterocycles. The molecule has 0 aromatic heterocycles. The summed E-state index contributed by atoms with van der Waals surface area (Å²) in [6.45, 7) is 1.77. The third-order valence-electron chi connectivity index (χ3n) is 3.94. The summed E-state index contributed by atoms with van der Waals surface area (Å²) in [5.74, 6) is -1.29. The fraction of sp³-hybridized carbons (Fsp3) is 0.100. The molecule has 26 heavy (non-hydrogen) atoms. The average Bonchev–Trinajstić information content (AvgIpc) is 2.61. The minimum absolute atomic E-state index is 0.114. The Morgan fingerprint density at radius 1 is 0.885 bits per heavy atom. The molecule has 0 aliphatic rings. The smallest absolute Gasteiger partial charge is 0.262 e. The number of benzene rings is 3. The van der Waals surface area contributed by atoms with E-state index < -0.39 is 26.6 Å². The molecule has 0 fully saturated rings. The molecule has 134 valence electrons. The van der Waals surface area contributed by atoms with Gasteiger partial charge >= 0.3 is 0 Å². The van der Waals surface area contributed by atoms with Gasteiger partial charge in [-0.15, -0.1) is 0 Å². The molecule has 0 aliphatic carbocycles. The maximum atomic E-state index is 14.2. The summed E-state index contributed by atoms with van der Waals surface area (Å²) in [7, 11) is -4.17. The van der Waals surface area contributed by atoms with Crippen LogP contribution < -0.4 is 4.31 Å². The van der Waals surface area contributed by atoms with Crippen molar-refractivity contribution >= 4 is 15.7 Å². The summed E-state index contributed by atoms with van der Waals surface area (Å²) in [6.07, 6.45) is 0. The Morgan fingerprint density at radius 3 is 2.23 bits per heavy atom. The molecule has 0 unspecified atom stereocenters. The van der Waals surface area contributed by atoms with Crippen molar-refractivity contribution in [1.82, 2.24) is 0 Å². The third-order valence-corrected chi connectivity index (χ3v) is 5.75. The monoisotopic (exact) mass is 373 g/mol.